The van der Waals surface area contributed by atoms with Gasteiger partial charge in [0.15, 0.2) is 0 Å². The van der Waals surface area contributed by atoms with Crippen molar-refractivity contribution < 1.29 is 5.11 Å². The first-order valence-corrected chi connectivity index (χ1v) is 14.2. The van der Waals surface area contributed by atoms with Crippen LogP contribution in [0.1, 0.15) is 0 Å². The van der Waals surface area contributed by atoms with Crippen LogP contribution in [0.3, 0.4) is 0 Å². The van der Waals surface area contributed by atoms with Crippen LogP contribution in [0.4, 0.5) is 0 Å². The Hall–Kier alpha value is -1.17. The Morgan fingerprint density at radius 3 is 1.64 bits per heavy atom. The standard InChI is InChI=1S/C19H26OSi2/c1-21(2,3)19-15-22(14-18(19)20,16-10-6-4-7-11-16)17-12-8-5-9-13-17/h4-13,18-20H,14-15H2,1-3H3/t18-,19-/m1/s1. The van der Waals surface area contributed by atoms with Crippen molar-refractivity contribution in [2.45, 2.75) is 43.4 Å². The molecule has 0 unspecified atom stereocenters. The fourth-order valence-corrected chi connectivity index (χ4v) is 14.3. The Kier molecular flexibility index (Phi) is 4.14. The fraction of sp³-hybridized carbons (Fsp3) is 0.368. The molecule has 0 amide bonds. The number of benzene rings is 2. The Labute approximate surface area is 136 Å². The van der Waals surface area contributed by atoms with Gasteiger partial charge in [-0.25, -0.2) is 0 Å². The zero-order chi connectivity index (χ0) is 15.8. The molecule has 22 heavy (non-hydrogen) atoms. The zero-order valence-electron chi connectivity index (χ0n) is 13.8. The van der Waals surface area contributed by atoms with Crippen LogP contribution in [-0.2, 0) is 0 Å². The van der Waals surface area contributed by atoms with Crippen LogP contribution in [0.15, 0.2) is 60.7 Å². The lowest BCUT2D eigenvalue weighted by molar-refractivity contribution is 0.196. The normalized spacial score (nSPS) is 24.4. The Morgan fingerprint density at radius 1 is 0.818 bits per heavy atom. The second kappa shape index (κ2) is 5.80. The third kappa shape index (κ3) is 2.73. The summed E-state index contributed by atoms with van der Waals surface area (Å²) in [4.78, 5) is 0. The van der Waals surface area contributed by atoms with Crippen LogP contribution in [0.2, 0.25) is 37.3 Å². The Balaban J connectivity index is 2.11. The van der Waals surface area contributed by atoms with Gasteiger partial charge in [0.05, 0.1) is 6.10 Å². The predicted molar refractivity (Wildman–Crippen MR) is 101 cm³/mol. The topological polar surface area (TPSA) is 20.2 Å². The van der Waals surface area contributed by atoms with E-state index in [1.807, 2.05) is 0 Å². The van der Waals surface area contributed by atoms with Crippen molar-refractivity contribution in [2.24, 2.45) is 0 Å². The van der Waals surface area contributed by atoms with Crippen LogP contribution < -0.4 is 10.4 Å². The van der Waals surface area contributed by atoms with Gasteiger partial charge >= 0.3 is 0 Å². The van der Waals surface area contributed by atoms with E-state index in [1.165, 1.54) is 16.4 Å². The van der Waals surface area contributed by atoms with Crippen molar-refractivity contribution in [3.05, 3.63) is 60.7 Å². The smallest absolute Gasteiger partial charge is 0.120 e. The summed E-state index contributed by atoms with van der Waals surface area (Å²) in [5.74, 6) is 0. The molecule has 1 N–H and O–H groups in total. The summed E-state index contributed by atoms with van der Waals surface area (Å²) in [5, 5.41) is 13.8. The second-order valence-corrected chi connectivity index (χ2v) is 17.4. The van der Waals surface area contributed by atoms with Crippen molar-refractivity contribution in [3.8, 4) is 0 Å². The summed E-state index contributed by atoms with van der Waals surface area (Å²) in [6, 6.07) is 24.2. The van der Waals surface area contributed by atoms with E-state index in [4.69, 9.17) is 0 Å². The van der Waals surface area contributed by atoms with E-state index in [0.29, 0.717) is 5.54 Å². The molecule has 0 saturated carbocycles. The van der Waals surface area contributed by atoms with Gasteiger partial charge in [-0.15, -0.1) is 0 Å². The Morgan fingerprint density at radius 2 is 1.27 bits per heavy atom. The molecule has 0 radical (unpaired) electrons. The number of aliphatic hydroxyl groups is 1. The first-order chi connectivity index (χ1) is 10.4. The molecule has 2 atom stereocenters. The summed E-state index contributed by atoms with van der Waals surface area (Å²) in [5.41, 5.74) is 0.513. The zero-order valence-corrected chi connectivity index (χ0v) is 15.8. The lowest BCUT2D eigenvalue weighted by Gasteiger charge is -2.31. The molecule has 1 fully saturated rings. The molecular formula is C19H26OSi2. The minimum absolute atomic E-state index is 0.126. The van der Waals surface area contributed by atoms with E-state index in [9.17, 15) is 5.11 Å². The highest BCUT2D eigenvalue weighted by atomic mass is 28.3. The van der Waals surface area contributed by atoms with Crippen molar-refractivity contribution in [1.29, 1.82) is 0 Å². The summed E-state index contributed by atoms with van der Waals surface area (Å²) >= 11 is 0. The third-order valence-corrected chi connectivity index (χ3v) is 13.7. The average Bonchev–Trinajstić information content (AvgIpc) is 2.88. The van der Waals surface area contributed by atoms with E-state index in [-0.39, 0.29) is 6.10 Å². The molecule has 2 aromatic rings. The van der Waals surface area contributed by atoms with Crippen molar-refractivity contribution >= 4 is 26.5 Å². The minimum atomic E-state index is -1.84. The molecule has 1 saturated heterocycles. The fourth-order valence-electron chi connectivity index (χ4n) is 4.13. The van der Waals surface area contributed by atoms with Crippen LogP contribution >= 0.6 is 0 Å². The van der Waals surface area contributed by atoms with Gasteiger partial charge in [0.1, 0.15) is 8.07 Å². The molecule has 3 heteroatoms. The van der Waals surface area contributed by atoms with E-state index in [0.717, 1.165) is 6.04 Å². The number of aliphatic hydroxyl groups excluding tert-OH is 1. The van der Waals surface area contributed by atoms with Crippen LogP contribution in [-0.4, -0.2) is 27.4 Å². The Bertz CT molecular complexity index is 579. The first-order valence-electron chi connectivity index (χ1n) is 8.23. The molecule has 0 aliphatic carbocycles. The van der Waals surface area contributed by atoms with E-state index >= 15 is 0 Å². The van der Waals surface area contributed by atoms with Gasteiger partial charge in [-0.2, -0.15) is 0 Å². The molecule has 0 bridgehead atoms. The highest BCUT2D eigenvalue weighted by Gasteiger charge is 2.52. The molecule has 0 spiro atoms. The summed E-state index contributed by atoms with van der Waals surface area (Å²) in [6.07, 6.45) is -0.126. The van der Waals surface area contributed by atoms with Gasteiger partial charge in [0, 0.05) is 8.07 Å². The molecule has 2 aromatic carbocycles. The monoisotopic (exact) mass is 326 g/mol. The molecular weight excluding hydrogens is 300 g/mol. The number of hydrogen-bond donors (Lipinski definition) is 1. The van der Waals surface area contributed by atoms with Crippen molar-refractivity contribution in [3.63, 3.8) is 0 Å². The predicted octanol–water partition coefficient (Wildman–Crippen LogP) is 3.33. The molecule has 116 valence electrons. The maximum absolute atomic E-state index is 10.9. The molecule has 1 nitrogen and oxygen atoms in total. The summed E-state index contributed by atoms with van der Waals surface area (Å²) in [6.45, 7) is 7.21. The quantitative estimate of drug-likeness (QED) is 0.858. The largest absolute Gasteiger partial charge is 0.393 e. The lowest BCUT2D eigenvalue weighted by Crippen LogP contribution is -2.56. The average molecular weight is 327 g/mol. The molecule has 1 aliphatic heterocycles. The van der Waals surface area contributed by atoms with E-state index < -0.39 is 16.1 Å². The van der Waals surface area contributed by atoms with E-state index in [1.54, 1.807) is 0 Å². The van der Waals surface area contributed by atoms with Gasteiger partial charge < -0.3 is 5.11 Å². The highest BCUT2D eigenvalue weighted by molar-refractivity contribution is 7.04. The SMILES string of the molecule is C[Si](C)(C)[C@@H]1C[Si](c2ccccc2)(c2ccccc2)C[C@H]1O. The van der Waals surface area contributed by atoms with Gasteiger partial charge in [0.2, 0.25) is 0 Å². The summed E-state index contributed by atoms with van der Waals surface area (Å²) in [7, 11) is -3.19. The third-order valence-electron chi connectivity index (χ3n) is 5.36. The second-order valence-electron chi connectivity index (χ2n) is 7.76. The molecule has 3 rings (SSSR count). The molecule has 0 aromatic heterocycles. The van der Waals surface area contributed by atoms with Crippen LogP contribution in [0.25, 0.3) is 0 Å². The van der Waals surface area contributed by atoms with E-state index in [2.05, 4.69) is 80.3 Å². The maximum Gasteiger partial charge on any atom is 0.120 e. The lowest BCUT2D eigenvalue weighted by atomic mass is 10.3. The van der Waals surface area contributed by atoms with Gasteiger partial charge in [0.25, 0.3) is 0 Å². The van der Waals surface area contributed by atoms with Crippen LogP contribution in [0, 0.1) is 0 Å². The van der Waals surface area contributed by atoms with Crippen molar-refractivity contribution in [2.75, 3.05) is 0 Å². The van der Waals surface area contributed by atoms with Gasteiger partial charge in [-0.3, -0.25) is 0 Å². The molecule has 1 aliphatic rings. The highest BCUT2D eigenvalue weighted by Crippen LogP contribution is 2.44. The maximum atomic E-state index is 10.9. The number of rotatable bonds is 3. The van der Waals surface area contributed by atoms with Gasteiger partial charge in [-0.1, -0.05) is 90.7 Å². The molecule has 1 heterocycles. The first kappa shape index (κ1) is 15.7. The van der Waals surface area contributed by atoms with Crippen molar-refractivity contribution in [1.82, 2.24) is 0 Å². The van der Waals surface area contributed by atoms with Gasteiger partial charge in [-0.05, 0) is 17.6 Å². The minimum Gasteiger partial charge on any atom is -0.393 e. The van der Waals surface area contributed by atoms with Crippen LogP contribution in [0.5, 0.6) is 0 Å². The summed E-state index contributed by atoms with van der Waals surface area (Å²) < 4.78 is 0. The number of hydrogen-bond acceptors (Lipinski definition) is 1.